The van der Waals surface area contributed by atoms with E-state index in [1.165, 1.54) is 6.33 Å². The molecule has 1 heterocycles. The van der Waals surface area contributed by atoms with E-state index in [0.717, 1.165) is 0 Å². The van der Waals surface area contributed by atoms with Gasteiger partial charge < -0.3 is 10.0 Å². The molecule has 0 aliphatic heterocycles. The third kappa shape index (κ3) is 1.74. The Bertz CT molecular complexity index is 336. The monoisotopic (exact) mass is 181 g/mol. The topological polar surface area (TPSA) is 66.3 Å². The Balaban J connectivity index is 3.26. The van der Waals surface area contributed by atoms with Crippen LogP contribution in [0.4, 0.5) is 5.82 Å². The second-order valence-corrected chi connectivity index (χ2v) is 2.87. The summed E-state index contributed by atoms with van der Waals surface area (Å²) in [7, 11) is 3.61. The summed E-state index contributed by atoms with van der Waals surface area (Å²) in [6.45, 7) is 1.69. The minimum atomic E-state index is -1.02. The highest BCUT2D eigenvalue weighted by Crippen LogP contribution is 2.15. The highest BCUT2D eigenvalue weighted by molar-refractivity contribution is 5.88. The van der Waals surface area contributed by atoms with Gasteiger partial charge in [-0.2, -0.15) is 0 Å². The highest BCUT2D eigenvalue weighted by Gasteiger charge is 2.13. The molecule has 1 rings (SSSR count). The fraction of sp³-hybridized carbons (Fsp3) is 0.375. The fourth-order valence-electron chi connectivity index (χ4n) is 1.11. The van der Waals surface area contributed by atoms with Crippen molar-refractivity contribution in [1.82, 2.24) is 9.97 Å². The predicted molar refractivity (Wildman–Crippen MR) is 48.1 cm³/mol. The van der Waals surface area contributed by atoms with Gasteiger partial charge in [-0.3, -0.25) is 0 Å². The molecule has 0 atom stereocenters. The Hall–Kier alpha value is -1.65. The number of carbonyl (C=O) groups is 1. The van der Waals surface area contributed by atoms with Gasteiger partial charge in [-0.1, -0.05) is 0 Å². The molecule has 0 saturated carbocycles. The number of aromatic carboxylic acids is 1. The van der Waals surface area contributed by atoms with Gasteiger partial charge in [-0.05, 0) is 6.92 Å². The Kier molecular flexibility index (Phi) is 2.46. The molecule has 0 fully saturated rings. The van der Waals surface area contributed by atoms with Crippen LogP contribution < -0.4 is 4.90 Å². The van der Waals surface area contributed by atoms with Crippen molar-refractivity contribution in [3.8, 4) is 0 Å². The maximum Gasteiger partial charge on any atom is 0.354 e. The first kappa shape index (κ1) is 9.44. The molecule has 1 aromatic heterocycles. The maximum atomic E-state index is 10.7. The lowest BCUT2D eigenvalue weighted by Gasteiger charge is -2.14. The van der Waals surface area contributed by atoms with Gasteiger partial charge in [0.25, 0.3) is 0 Å². The van der Waals surface area contributed by atoms with E-state index >= 15 is 0 Å². The van der Waals surface area contributed by atoms with Crippen molar-refractivity contribution in [3.05, 3.63) is 17.6 Å². The van der Waals surface area contributed by atoms with E-state index in [2.05, 4.69) is 9.97 Å². The number of aromatic nitrogens is 2. The molecule has 0 unspecified atom stereocenters. The van der Waals surface area contributed by atoms with Gasteiger partial charge >= 0.3 is 5.97 Å². The normalized spacial score (nSPS) is 9.77. The molecule has 0 aliphatic rings. The van der Waals surface area contributed by atoms with Gasteiger partial charge in [-0.15, -0.1) is 0 Å². The Labute approximate surface area is 76.0 Å². The Morgan fingerprint density at radius 2 is 2.08 bits per heavy atom. The smallest absolute Gasteiger partial charge is 0.354 e. The minimum absolute atomic E-state index is 0.0544. The number of rotatable bonds is 2. The molecule has 0 amide bonds. The molecule has 0 saturated heterocycles. The maximum absolute atomic E-state index is 10.7. The van der Waals surface area contributed by atoms with Gasteiger partial charge in [0.05, 0.1) is 0 Å². The standard InChI is InChI=1S/C8H11N3O2/c1-5-6(8(12)13)9-4-10-7(5)11(2)3/h4H,1-3H3,(H,12,13). The zero-order chi connectivity index (χ0) is 10.0. The van der Waals surface area contributed by atoms with Crippen LogP contribution in [0.25, 0.3) is 0 Å². The van der Waals surface area contributed by atoms with Crippen LogP contribution in [0, 0.1) is 6.92 Å². The lowest BCUT2D eigenvalue weighted by Crippen LogP contribution is -2.15. The van der Waals surface area contributed by atoms with E-state index in [1.807, 2.05) is 0 Å². The van der Waals surface area contributed by atoms with Crippen LogP contribution in [0.5, 0.6) is 0 Å². The second kappa shape index (κ2) is 3.38. The van der Waals surface area contributed by atoms with E-state index in [0.29, 0.717) is 11.4 Å². The summed E-state index contributed by atoms with van der Waals surface area (Å²) < 4.78 is 0. The molecule has 70 valence electrons. The minimum Gasteiger partial charge on any atom is -0.476 e. The summed E-state index contributed by atoms with van der Waals surface area (Å²) in [4.78, 5) is 20.1. The first-order valence-corrected chi connectivity index (χ1v) is 3.76. The molecule has 0 aliphatic carbocycles. The molecule has 0 aromatic carbocycles. The van der Waals surface area contributed by atoms with Crippen LogP contribution in [0.1, 0.15) is 16.1 Å². The third-order valence-electron chi connectivity index (χ3n) is 1.68. The average molecular weight is 181 g/mol. The van der Waals surface area contributed by atoms with E-state index in [9.17, 15) is 4.79 Å². The van der Waals surface area contributed by atoms with E-state index in [4.69, 9.17) is 5.11 Å². The van der Waals surface area contributed by atoms with Crippen LogP contribution in [0.2, 0.25) is 0 Å². The van der Waals surface area contributed by atoms with Crippen molar-refractivity contribution in [2.24, 2.45) is 0 Å². The highest BCUT2D eigenvalue weighted by atomic mass is 16.4. The number of hydrogen-bond donors (Lipinski definition) is 1. The predicted octanol–water partition coefficient (Wildman–Crippen LogP) is 0.549. The van der Waals surface area contributed by atoms with Gasteiger partial charge in [0.15, 0.2) is 5.69 Å². The van der Waals surface area contributed by atoms with Gasteiger partial charge in [-0.25, -0.2) is 14.8 Å². The lowest BCUT2D eigenvalue weighted by molar-refractivity contribution is 0.0689. The molecule has 1 aromatic rings. The van der Waals surface area contributed by atoms with Crippen LogP contribution in [0.15, 0.2) is 6.33 Å². The largest absolute Gasteiger partial charge is 0.476 e. The summed E-state index contributed by atoms with van der Waals surface area (Å²) in [6.07, 6.45) is 1.26. The van der Waals surface area contributed by atoms with Gasteiger partial charge in [0.1, 0.15) is 12.1 Å². The molecular formula is C8H11N3O2. The zero-order valence-corrected chi connectivity index (χ0v) is 7.77. The van der Waals surface area contributed by atoms with Crippen LogP contribution in [-0.2, 0) is 0 Å². The van der Waals surface area contributed by atoms with Crippen molar-refractivity contribution in [2.45, 2.75) is 6.92 Å². The lowest BCUT2D eigenvalue weighted by atomic mass is 10.2. The molecule has 5 nitrogen and oxygen atoms in total. The quantitative estimate of drug-likeness (QED) is 0.721. The fourth-order valence-corrected chi connectivity index (χ4v) is 1.11. The third-order valence-corrected chi connectivity index (χ3v) is 1.68. The molecule has 0 bridgehead atoms. The average Bonchev–Trinajstić information content (AvgIpc) is 2.03. The van der Waals surface area contributed by atoms with Crippen LogP contribution >= 0.6 is 0 Å². The summed E-state index contributed by atoms with van der Waals surface area (Å²) in [5.74, 6) is -0.393. The molecular weight excluding hydrogens is 170 g/mol. The summed E-state index contributed by atoms with van der Waals surface area (Å²) >= 11 is 0. The van der Waals surface area contributed by atoms with E-state index in [-0.39, 0.29) is 5.69 Å². The summed E-state index contributed by atoms with van der Waals surface area (Å²) in [5.41, 5.74) is 0.638. The first-order chi connectivity index (χ1) is 6.04. The molecule has 13 heavy (non-hydrogen) atoms. The van der Waals surface area contributed by atoms with Crippen molar-refractivity contribution >= 4 is 11.8 Å². The number of nitrogens with zero attached hydrogens (tertiary/aromatic N) is 3. The summed E-state index contributed by atoms with van der Waals surface area (Å²) in [5, 5.41) is 8.76. The Morgan fingerprint density at radius 1 is 1.46 bits per heavy atom. The van der Waals surface area contributed by atoms with Crippen molar-refractivity contribution in [1.29, 1.82) is 0 Å². The van der Waals surface area contributed by atoms with Crippen LogP contribution in [0.3, 0.4) is 0 Å². The van der Waals surface area contributed by atoms with Crippen molar-refractivity contribution in [2.75, 3.05) is 19.0 Å². The number of anilines is 1. The SMILES string of the molecule is Cc1c(C(=O)O)ncnc1N(C)C. The second-order valence-electron chi connectivity index (χ2n) is 2.87. The van der Waals surface area contributed by atoms with Gasteiger partial charge in [0, 0.05) is 19.7 Å². The zero-order valence-electron chi connectivity index (χ0n) is 7.77. The van der Waals surface area contributed by atoms with Crippen molar-refractivity contribution < 1.29 is 9.90 Å². The van der Waals surface area contributed by atoms with Crippen molar-refractivity contribution in [3.63, 3.8) is 0 Å². The molecule has 5 heteroatoms. The van der Waals surface area contributed by atoms with Crippen LogP contribution in [-0.4, -0.2) is 35.1 Å². The summed E-state index contributed by atoms with van der Waals surface area (Å²) in [6, 6.07) is 0. The number of hydrogen-bond acceptors (Lipinski definition) is 4. The van der Waals surface area contributed by atoms with E-state index < -0.39 is 5.97 Å². The van der Waals surface area contributed by atoms with E-state index in [1.54, 1.807) is 25.9 Å². The first-order valence-electron chi connectivity index (χ1n) is 3.76. The molecule has 1 N–H and O–H groups in total. The number of carboxylic acid groups (broad SMARTS) is 1. The molecule has 0 spiro atoms. The Morgan fingerprint density at radius 3 is 2.54 bits per heavy atom. The number of carboxylic acids is 1. The van der Waals surface area contributed by atoms with Gasteiger partial charge in [0.2, 0.25) is 0 Å². The molecule has 0 radical (unpaired) electrons.